The summed E-state index contributed by atoms with van der Waals surface area (Å²) in [4.78, 5) is -0.323. The Balaban J connectivity index is 2.47. The number of rotatable bonds is 7. The van der Waals surface area contributed by atoms with Crippen molar-refractivity contribution in [1.29, 1.82) is 0 Å². The monoisotopic (exact) mass is 416 g/mol. The number of ether oxygens (including phenoxy) is 2. The lowest BCUT2D eigenvalue weighted by Crippen LogP contribution is -2.22. The van der Waals surface area contributed by atoms with Gasteiger partial charge in [-0.15, -0.1) is 0 Å². The van der Waals surface area contributed by atoms with Crippen molar-refractivity contribution in [2.75, 3.05) is 33.0 Å². The Kier molecular flexibility index (Phi) is 5.88. The molecular weight excluding hydrogens is 396 g/mol. The lowest BCUT2D eigenvalue weighted by atomic mass is 10.3. The van der Waals surface area contributed by atoms with Gasteiger partial charge in [-0.2, -0.15) is 0 Å². The summed E-state index contributed by atoms with van der Waals surface area (Å²) in [5.41, 5.74) is -0.271. The zero-order chi connectivity index (χ0) is 20.4. The number of hydrogen-bond donors (Lipinski definition) is 2. The van der Waals surface area contributed by atoms with E-state index in [0.29, 0.717) is 5.75 Å². The average Bonchev–Trinajstić information content (AvgIpc) is 2.62. The number of phenolic OH excluding ortho intramolecular Hbond substituents is 1. The largest absolute Gasteiger partial charge is 0.506 e. The molecule has 0 spiro atoms. The molecule has 0 fully saturated rings. The molecule has 0 atom stereocenters. The second kappa shape index (κ2) is 7.62. The highest BCUT2D eigenvalue weighted by Gasteiger charge is 2.22. The SMILES string of the molecule is COc1ccc(S(=O)(=O)Nc2cc(S(=O)(=O)N(C)C)ccc2O)cc1OC. The second-order valence-corrected chi connectivity index (χ2v) is 9.42. The smallest absolute Gasteiger partial charge is 0.262 e. The summed E-state index contributed by atoms with van der Waals surface area (Å²) in [5, 5.41) is 9.95. The van der Waals surface area contributed by atoms with Crippen molar-refractivity contribution in [3.63, 3.8) is 0 Å². The molecular formula is C16H20N2O7S2. The van der Waals surface area contributed by atoms with E-state index in [-0.39, 0.29) is 21.2 Å². The Hall–Kier alpha value is -2.50. The molecule has 27 heavy (non-hydrogen) atoms. The molecule has 0 aromatic heterocycles. The van der Waals surface area contributed by atoms with Crippen molar-refractivity contribution in [3.05, 3.63) is 36.4 Å². The zero-order valence-corrected chi connectivity index (χ0v) is 16.8. The zero-order valence-electron chi connectivity index (χ0n) is 15.1. The van der Waals surface area contributed by atoms with Crippen molar-refractivity contribution in [3.8, 4) is 17.2 Å². The molecule has 0 amide bonds. The van der Waals surface area contributed by atoms with E-state index in [1.54, 1.807) is 0 Å². The van der Waals surface area contributed by atoms with Gasteiger partial charge in [0.15, 0.2) is 11.5 Å². The first-order valence-corrected chi connectivity index (χ1v) is 10.5. The minimum absolute atomic E-state index is 0.152. The van der Waals surface area contributed by atoms with Crippen LogP contribution in [0.1, 0.15) is 0 Å². The van der Waals surface area contributed by atoms with E-state index in [9.17, 15) is 21.9 Å². The maximum absolute atomic E-state index is 12.6. The van der Waals surface area contributed by atoms with Crippen LogP contribution in [0.15, 0.2) is 46.2 Å². The average molecular weight is 416 g/mol. The van der Waals surface area contributed by atoms with Crippen LogP contribution in [0.2, 0.25) is 0 Å². The molecule has 0 radical (unpaired) electrons. The highest BCUT2D eigenvalue weighted by Crippen LogP contribution is 2.32. The van der Waals surface area contributed by atoms with Crippen molar-refractivity contribution in [2.24, 2.45) is 0 Å². The third kappa shape index (κ3) is 4.26. The molecule has 0 aliphatic carbocycles. The van der Waals surface area contributed by atoms with Gasteiger partial charge in [-0.1, -0.05) is 0 Å². The number of phenols is 1. The Labute approximate surface area is 158 Å². The van der Waals surface area contributed by atoms with Crippen molar-refractivity contribution < 1.29 is 31.4 Å². The molecule has 11 heteroatoms. The third-order valence-electron chi connectivity index (χ3n) is 3.66. The van der Waals surface area contributed by atoms with E-state index < -0.39 is 25.8 Å². The number of anilines is 1. The fraction of sp³-hybridized carbons (Fsp3) is 0.250. The molecule has 2 aromatic rings. The molecule has 0 aliphatic heterocycles. The first-order chi connectivity index (χ1) is 12.5. The fourth-order valence-electron chi connectivity index (χ4n) is 2.16. The van der Waals surface area contributed by atoms with E-state index in [2.05, 4.69) is 4.72 Å². The predicted molar refractivity (Wildman–Crippen MR) is 99.3 cm³/mol. The van der Waals surface area contributed by atoms with Crippen molar-refractivity contribution in [1.82, 2.24) is 4.31 Å². The van der Waals surface area contributed by atoms with Gasteiger partial charge in [-0.3, -0.25) is 4.72 Å². The standard InChI is InChI=1S/C16H20N2O7S2/c1-18(2)27(22,23)12-5-7-14(19)13(9-12)17-26(20,21)11-6-8-15(24-3)16(10-11)25-4/h5-10,17,19H,1-4H3. The summed E-state index contributed by atoms with van der Waals surface area (Å²) in [6.07, 6.45) is 0. The third-order valence-corrected chi connectivity index (χ3v) is 6.83. The van der Waals surface area contributed by atoms with Crippen LogP contribution in [0, 0.1) is 0 Å². The topological polar surface area (TPSA) is 122 Å². The number of sulfonamides is 2. The van der Waals surface area contributed by atoms with Gasteiger partial charge in [0.25, 0.3) is 10.0 Å². The van der Waals surface area contributed by atoms with Gasteiger partial charge in [-0.05, 0) is 30.3 Å². The summed E-state index contributed by atoms with van der Waals surface area (Å²) >= 11 is 0. The van der Waals surface area contributed by atoms with Gasteiger partial charge in [-0.25, -0.2) is 21.1 Å². The molecule has 2 rings (SSSR count). The van der Waals surface area contributed by atoms with Crippen molar-refractivity contribution >= 4 is 25.7 Å². The maximum Gasteiger partial charge on any atom is 0.262 e. The normalized spacial score (nSPS) is 12.0. The molecule has 0 heterocycles. The first kappa shape index (κ1) is 20.8. The van der Waals surface area contributed by atoms with Gasteiger partial charge in [0, 0.05) is 20.2 Å². The summed E-state index contributed by atoms with van der Waals surface area (Å²) < 4.78 is 63.0. The number of benzene rings is 2. The van der Waals surface area contributed by atoms with E-state index in [1.165, 1.54) is 52.6 Å². The Bertz CT molecular complexity index is 1050. The first-order valence-electron chi connectivity index (χ1n) is 7.53. The summed E-state index contributed by atoms with van der Waals surface area (Å²) in [6, 6.07) is 7.28. The van der Waals surface area contributed by atoms with Crippen LogP contribution in [0.5, 0.6) is 17.2 Å². The quantitative estimate of drug-likeness (QED) is 0.655. The van der Waals surface area contributed by atoms with Crippen LogP contribution in [0.4, 0.5) is 5.69 Å². The fourth-order valence-corrected chi connectivity index (χ4v) is 4.16. The van der Waals surface area contributed by atoms with Crippen molar-refractivity contribution in [2.45, 2.75) is 9.79 Å². The van der Waals surface area contributed by atoms with Crippen LogP contribution >= 0.6 is 0 Å². The van der Waals surface area contributed by atoms with Gasteiger partial charge in [0.1, 0.15) is 5.75 Å². The van der Waals surface area contributed by atoms with E-state index >= 15 is 0 Å². The Morgan fingerprint density at radius 2 is 1.48 bits per heavy atom. The highest BCUT2D eigenvalue weighted by atomic mass is 32.2. The highest BCUT2D eigenvalue weighted by molar-refractivity contribution is 7.92. The number of nitrogens with zero attached hydrogens (tertiary/aromatic N) is 1. The summed E-state index contributed by atoms with van der Waals surface area (Å²) in [7, 11) is -2.47. The Morgan fingerprint density at radius 1 is 0.889 bits per heavy atom. The molecule has 148 valence electrons. The lowest BCUT2D eigenvalue weighted by molar-refractivity contribution is 0.354. The van der Waals surface area contributed by atoms with Crippen LogP contribution in [0.25, 0.3) is 0 Å². The van der Waals surface area contributed by atoms with E-state index in [1.807, 2.05) is 0 Å². The van der Waals surface area contributed by atoms with Crippen LogP contribution in [0.3, 0.4) is 0 Å². The molecule has 2 N–H and O–H groups in total. The molecule has 0 saturated heterocycles. The van der Waals surface area contributed by atoms with Crippen LogP contribution in [-0.2, 0) is 20.0 Å². The predicted octanol–water partition coefficient (Wildman–Crippen LogP) is 1.46. The van der Waals surface area contributed by atoms with Crippen LogP contribution in [-0.4, -0.2) is 54.6 Å². The molecule has 0 saturated carbocycles. The minimum Gasteiger partial charge on any atom is -0.506 e. The van der Waals surface area contributed by atoms with Gasteiger partial charge >= 0.3 is 0 Å². The van der Waals surface area contributed by atoms with E-state index in [4.69, 9.17) is 9.47 Å². The van der Waals surface area contributed by atoms with Crippen LogP contribution < -0.4 is 14.2 Å². The summed E-state index contributed by atoms with van der Waals surface area (Å²) in [6.45, 7) is 0. The molecule has 0 bridgehead atoms. The minimum atomic E-state index is -4.13. The number of methoxy groups -OCH3 is 2. The lowest BCUT2D eigenvalue weighted by Gasteiger charge is -2.15. The molecule has 9 nitrogen and oxygen atoms in total. The molecule has 0 unspecified atom stereocenters. The number of hydrogen-bond acceptors (Lipinski definition) is 7. The van der Waals surface area contributed by atoms with Gasteiger partial charge in [0.05, 0.1) is 29.7 Å². The summed E-state index contributed by atoms with van der Waals surface area (Å²) in [5.74, 6) is 0.128. The van der Waals surface area contributed by atoms with Gasteiger partial charge in [0.2, 0.25) is 10.0 Å². The number of aromatic hydroxyl groups is 1. The maximum atomic E-state index is 12.6. The van der Waals surface area contributed by atoms with Gasteiger partial charge < -0.3 is 14.6 Å². The second-order valence-electron chi connectivity index (χ2n) is 5.59. The number of nitrogens with one attached hydrogen (secondary N) is 1. The molecule has 2 aromatic carbocycles. The van der Waals surface area contributed by atoms with E-state index in [0.717, 1.165) is 16.4 Å². The Morgan fingerprint density at radius 3 is 2.04 bits per heavy atom. The molecule has 0 aliphatic rings.